The fourth-order valence-corrected chi connectivity index (χ4v) is 2.65. The lowest BCUT2D eigenvalue weighted by Crippen LogP contribution is -2.53. The molecule has 0 saturated carbocycles. The summed E-state index contributed by atoms with van der Waals surface area (Å²) in [5.41, 5.74) is 0.918. The van der Waals surface area contributed by atoms with E-state index >= 15 is 0 Å². The third-order valence-corrected chi connectivity index (χ3v) is 4.32. The minimum atomic E-state index is -0.0341. The number of rotatable bonds is 3. The van der Waals surface area contributed by atoms with Crippen LogP contribution < -0.4 is 0 Å². The van der Waals surface area contributed by atoms with E-state index in [1.807, 2.05) is 20.2 Å². The van der Waals surface area contributed by atoms with E-state index in [1.165, 1.54) is 0 Å². The maximum absolute atomic E-state index is 12.4. The summed E-state index contributed by atoms with van der Waals surface area (Å²) in [6.07, 6.45) is 0.403. The van der Waals surface area contributed by atoms with Crippen molar-refractivity contribution >= 4 is 29.0 Å². The number of nitrogens with zero attached hydrogens (tertiary/aromatic N) is 2. The summed E-state index contributed by atoms with van der Waals surface area (Å²) in [5, 5.41) is 1.02. The van der Waals surface area contributed by atoms with Gasteiger partial charge in [0.15, 0.2) is 5.78 Å². The molecule has 2 rings (SSSR count). The van der Waals surface area contributed by atoms with E-state index in [1.54, 1.807) is 12.1 Å². The molecule has 5 heteroatoms. The number of hydrogen-bond acceptors (Lipinski definition) is 3. The first kappa shape index (κ1) is 14.8. The smallest absolute Gasteiger partial charge is 0.155 e. The second-order valence-electron chi connectivity index (χ2n) is 5.15. The lowest BCUT2D eigenvalue weighted by Gasteiger charge is -2.36. The Morgan fingerprint density at radius 1 is 1.26 bits per heavy atom. The fraction of sp³-hybridized carbons (Fsp3) is 0.500. The van der Waals surface area contributed by atoms with Gasteiger partial charge in [-0.25, -0.2) is 0 Å². The van der Waals surface area contributed by atoms with Gasteiger partial charge in [-0.2, -0.15) is 0 Å². The molecular formula is C14H18Cl2N2O. The van der Waals surface area contributed by atoms with Crippen LogP contribution in [0.2, 0.25) is 10.0 Å². The van der Waals surface area contributed by atoms with Gasteiger partial charge in [-0.15, -0.1) is 0 Å². The van der Waals surface area contributed by atoms with Gasteiger partial charge in [0.25, 0.3) is 0 Å². The summed E-state index contributed by atoms with van der Waals surface area (Å²) in [7, 11) is 4.05. The number of piperazine rings is 1. The monoisotopic (exact) mass is 300 g/mol. The van der Waals surface area contributed by atoms with E-state index in [2.05, 4.69) is 9.80 Å². The van der Waals surface area contributed by atoms with Crippen molar-refractivity contribution in [2.75, 3.05) is 33.7 Å². The summed E-state index contributed by atoms with van der Waals surface area (Å²) in [5.74, 6) is 0.229. The number of likely N-dealkylation sites (N-methyl/N-ethyl adjacent to an activating group) is 2. The number of halogens is 2. The Balaban J connectivity index is 2.05. The minimum absolute atomic E-state index is 0.0341. The molecule has 0 spiro atoms. The van der Waals surface area contributed by atoms with Crippen LogP contribution in [-0.4, -0.2) is 55.4 Å². The van der Waals surface area contributed by atoms with E-state index in [4.69, 9.17) is 23.2 Å². The van der Waals surface area contributed by atoms with E-state index in [0.29, 0.717) is 16.5 Å². The van der Waals surface area contributed by atoms with Crippen LogP contribution in [0.3, 0.4) is 0 Å². The fourth-order valence-electron chi connectivity index (χ4n) is 2.33. The maximum Gasteiger partial charge on any atom is 0.155 e. The van der Waals surface area contributed by atoms with Crippen LogP contribution in [0.5, 0.6) is 0 Å². The Bertz CT molecular complexity index is 479. The van der Waals surface area contributed by atoms with Crippen LogP contribution in [0, 0.1) is 0 Å². The molecule has 3 nitrogen and oxygen atoms in total. The lowest BCUT2D eigenvalue weighted by molar-refractivity contribution is -0.125. The largest absolute Gasteiger partial charge is 0.303 e. The number of carbonyl (C=O) groups is 1. The average molecular weight is 301 g/mol. The normalized spacial score (nSPS) is 21.6. The molecule has 0 amide bonds. The Labute approximate surface area is 124 Å². The molecule has 1 fully saturated rings. The number of ketones is 1. The Kier molecular flexibility index (Phi) is 4.85. The van der Waals surface area contributed by atoms with E-state index in [0.717, 1.165) is 25.2 Å². The number of hydrogen-bond donors (Lipinski definition) is 0. The van der Waals surface area contributed by atoms with Crippen molar-refractivity contribution in [1.29, 1.82) is 0 Å². The molecule has 1 heterocycles. The summed E-state index contributed by atoms with van der Waals surface area (Å²) in [4.78, 5) is 16.7. The van der Waals surface area contributed by atoms with Crippen molar-refractivity contribution in [1.82, 2.24) is 9.80 Å². The summed E-state index contributed by atoms with van der Waals surface area (Å²) in [6, 6.07) is 5.34. The van der Waals surface area contributed by atoms with Gasteiger partial charge in [-0.05, 0) is 31.8 Å². The third-order valence-electron chi connectivity index (χ3n) is 3.59. The Morgan fingerprint density at radius 3 is 2.68 bits per heavy atom. The summed E-state index contributed by atoms with van der Waals surface area (Å²) < 4.78 is 0. The zero-order valence-electron chi connectivity index (χ0n) is 11.2. The molecule has 1 aliphatic rings. The molecule has 1 aromatic rings. The summed E-state index contributed by atoms with van der Waals surface area (Å²) in [6.45, 7) is 2.72. The van der Waals surface area contributed by atoms with E-state index in [-0.39, 0.29) is 11.8 Å². The molecule has 0 aliphatic carbocycles. The molecule has 1 atom stereocenters. The van der Waals surface area contributed by atoms with Gasteiger partial charge >= 0.3 is 0 Å². The van der Waals surface area contributed by atoms with E-state index < -0.39 is 0 Å². The molecule has 1 unspecified atom stereocenters. The van der Waals surface area contributed by atoms with Crippen molar-refractivity contribution in [2.24, 2.45) is 0 Å². The van der Waals surface area contributed by atoms with Crippen LogP contribution in [0.25, 0.3) is 0 Å². The van der Waals surface area contributed by atoms with Gasteiger partial charge in [0.1, 0.15) is 0 Å². The van der Waals surface area contributed by atoms with Crippen molar-refractivity contribution in [3.05, 3.63) is 33.8 Å². The maximum atomic E-state index is 12.4. The molecule has 104 valence electrons. The van der Waals surface area contributed by atoms with Crippen molar-refractivity contribution < 1.29 is 4.79 Å². The predicted octanol–water partition coefficient (Wildman–Crippen LogP) is 2.35. The van der Waals surface area contributed by atoms with Crippen LogP contribution in [0.4, 0.5) is 0 Å². The van der Waals surface area contributed by atoms with Crippen LogP contribution in [-0.2, 0) is 11.2 Å². The van der Waals surface area contributed by atoms with Gasteiger partial charge in [0.05, 0.1) is 16.1 Å². The Morgan fingerprint density at radius 2 is 2.00 bits per heavy atom. The van der Waals surface area contributed by atoms with E-state index in [9.17, 15) is 4.79 Å². The molecule has 0 aromatic heterocycles. The number of carbonyl (C=O) groups excluding carboxylic acids is 1. The first-order valence-electron chi connectivity index (χ1n) is 6.33. The molecule has 1 aliphatic heterocycles. The highest BCUT2D eigenvalue weighted by molar-refractivity contribution is 6.42. The lowest BCUT2D eigenvalue weighted by atomic mass is 10.0. The zero-order valence-corrected chi connectivity index (χ0v) is 12.7. The molecule has 1 aromatic carbocycles. The highest BCUT2D eigenvalue weighted by Crippen LogP contribution is 2.23. The molecule has 19 heavy (non-hydrogen) atoms. The standard InChI is InChI=1S/C14H18Cl2N2O/c1-17-5-6-18(2)13(9-17)14(19)8-10-3-4-11(15)12(16)7-10/h3-4,7,13H,5-6,8-9H2,1-2H3. The molecule has 0 radical (unpaired) electrons. The van der Waals surface area contributed by atoms with Gasteiger partial charge in [0, 0.05) is 26.1 Å². The van der Waals surface area contributed by atoms with Crippen molar-refractivity contribution in [2.45, 2.75) is 12.5 Å². The number of benzene rings is 1. The van der Waals surface area contributed by atoms with Crippen molar-refractivity contribution in [3.8, 4) is 0 Å². The molecule has 0 N–H and O–H groups in total. The Hall–Kier alpha value is -0.610. The van der Waals surface area contributed by atoms with Crippen LogP contribution >= 0.6 is 23.2 Å². The van der Waals surface area contributed by atoms with Crippen molar-refractivity contribution in [3.63, 3.8) is 0 Å². The van der Waals surface area contributed by atoms with Gasteiger partial charge in [0.2, 0.25) is 0 Å². The SMILES string of the molecule is CN1CCN(C)C(C(=O)Cc2ccc(Cl)c(Cl)c2)C1. The third kappa shape index (κ3) is 3.69. The first-order valence-corrected chi connectivity index (χ1v) is 7.08. The summed E-state index contributed by atoms with van der Waals surface area (Å²) >= 11 is 11.8. The average Bonchev–Trinajstić information content (AvgIpc) is 2.36. The number of Topliss-reactive ketones (excluding diaryl/α,β-unsaturated/α-hetero) is 1. The second-order valence-corrected chi connectivity index (χ2v) is 5.96. The van der Waals surface area contributed by atoms with Gasteiger partial charge in [-0.3, -0.25) is 9.69 Å². The highest BCUT2D eigenvalue weighted by Gasteiger charge is 2.28. The van der Waals surface area contributed by atoms with Gasteiger partial charge < -0.3 is 4.90 Å². The molecular weight excluding hydrogens is 283 g/mol. The van der Waals surface area contributed by atoms with Crippen LogP contribution in [0.15, 0.2) is 18.2 Å². The topological polar surface area (TPSA) is 23.6 Å². The van der Waals surface area contributed by atoms with Gasteiger partial charge in [-0.1, -0.05) is 29.3 Å². The first-order chi connectivity index (χ1) is 8.97. The quantitative estimate of drug-likeness (QED) is 0.856. The van der Waals surface area contributed by atoms with Crippen LogP contribution in [0.1, 0.15) is 5.56 Å². The second kappa shape index (κ2) is 6.23. The molecule has 1 saturated heterocycles. The zero-order chi connectivity index (χ0) is 14.0. The minimum Gasteiger partial charge on any atom is -0.303 e. The molecule has 0 bridgehead atoms. The predicted molar refractivity (Wildman–Crippen MR) is 79.1 cm³/mol. The highest BCUT2D eigenvalue weighted by atomic mass is 35.5.